The van der Waals surface area contributed by atoms with Crippen LogP contribution < -0.4 is 20.9 Å². The van der Waals surface area contributed by atoms with Gasteiger partial charge >= 0.3 is 0 Å². The summed E-state index contributed by atoms with van der Waals surface area (Å²) < 4.78 is 7.06. The van der Waals surface area contributed by atoms with Crippen molar-refractivity contribution in [1.82, 2.24) is 24.8 Å². The second kappa shape index (κ2) is 10.8. The number of aromatic nitrogens is 4. The highest BCUT2D eigenvalue weighted by atomic mass is 16.5. The standard InChI is InChI=1S/C32H30N6O3/c1-19(35-30-26(18-34-20(2)36-30)31(39)37-23-12-13-23)27-16-22-8-7-11-25(21-14-15-33-28(17-21)41-3)29(22)32(40)38(27)24-9-5-4-6-10-24/h4-11,14-19,23H,12-13H2,1-3H3,(H,37,39)(H,34,35,36)/t19-/m0/s1. The van der Waals surface area contributed by atoms with Gasteiger partial charge in [-0.05, 0) is 67.5 Å². The molecule has 3 aromatic heterocycles. The summed E-state index contributed by atoms with van der Waals surface area (Å²) in [7, 11) is 1.57. The van der Waals surface area contributed by atoms with Crippen molar-refractivity contribution in [3.05, 3.63) is 107 Å². The van der Waals surface area contributed by atoms with E-state index < -0.39 is 6.04 Å². The summed E-state index contributed by atoms with van der Waals surface area (Å²) in [6.07, 6.45) is 5.18. The zero-order valence-electron chi connectivity index (χ0n) is 23.1. The van der Waals surface area contributed by atoms with Gasteiger partial charge in [-0.3, -0.25) is 14.2 Å². The van der Waals surface area contributed by atoms with E-state index in [1.165, 1.54) is 0 Å². The third-order valence-corrected chi connectivity index (χ3v) is 7.21. The molecule has 1 atom stereocenters. The summed E-state index contributed by atoms with van der Waals surface area (Å²) in [4.78, 5) is 40.4. The highest BCUT2D eigenvalue weighted by Crippen LogP contribution is 2.31. The molecular formula is C32H30N6O3. The minimum atomic E-state index is -0.390. The molecule has 1 aliphatic carbocycles. The number of anilines is 1. The number of aryl methyl sites for hydroxylation is 1. The smallest absolute Gasteiger partial charge is 0.263 e. The number of nitrogens with one attached hydrogen (secondary N) is 2. The fourth-order valence-electron chi connectivity index (χ4n) is 4.99. The van der Waals surface area contributed by atoms with Crippen molar-refractivity contribution in [2.45, 2.75) is 38.8 Å². The number of nitrogens with zero attached hydrogens (tertiary/aromatic N) is 4. The Morgan fingerprint density at radius 2 is 1.85 bits per heavy atom. The van der Waals surface area contributed by atoms with E-state index in [1.807, 2.05) is 73.7 Å². The molecule has 0 unspecified atom stereocenters. The number of carbonyl (C=O) groups is 1. The molecule has 2 aromatic carbocycles. The maximum atomic E-state index is 14.4. The number of hydrogen-bond acceptors (Lipinski definition) is 7. The number of ether oxygens (including phenoxy) is 1. The molecule has 41 heavy (non-hydrogen) atoms. The third kappa shape index (κ3) is 5.26. The number of hydrogen-bond donors (Lipinski definition) is 2. The fraction of sp³-hybridized carbons (Fsp3) is 0.219. The molecule has 206 valence electrons. The highest BCUT2D eigenvalue weighted by Gasteiger charge is 2.26. The first-order chi connectivity index (χ1) is 19.9. The van der Waals surface area contributed by atoms with E-state index in [1.54, 1.807) is 31.0 Å². The van der Waals surface area contributed by atoms with E-state index in [-0.39, 0.29) is 17.5 Å². The summed E-state index contributed by atoms with van der Waals surface area (Å²) in [5.41, 5.74) is 3.29. The normalized spacial score (nSPS) is 13.5. The number of pyridine rings is 2. The molecule has 1 amide bonds. The van der Waals surface area contributed by atoms with Gasteiger partial charge in [0, 0.05) is 35.9 Å². The van der Waals surface area contributed by atoms with Crippen LogP contribution in [0.3, 0.4) is 0 Å². The zero-order valence-corrected chi connectivity index (χ0v) is 23.1. The Balaban J connectivity index is 1.50. The number of benzene rings is 2. The molecule has 0 saturated heterocycles. The Labute approximate surface area is 237 Å². The molecule has 0 radical (unpaired) electrons. The number of fused-ring (bicyclic) bond motifs is 1. The maximum absolute atomic E-state index is 14.4. The van der Waals surface area contributed by atoms with Crippen LogP contribution in [0.1, 0.15) is 47.7 Å². The predicted molar refractivity (Wildman–Crippen MR) is 159 cm³/mol. The first-order valence-corrected chi connectivity index (χ1v) is 13.6. The molecule has 0 bridgehead atoms. The highest BCUT2D eigenvalue weighted by molar-refractivity contribution is 5.99. The number of methoxy groups -OCH3 is 1. The van der Waals surface area contributed by atoms with Gasteiger partial charge in [0.15, 0.2) is 0 Å². The summed E-state index contributed by atoms with van der Waals surface area (Å²) >= 11 is 0. The summed E-state index contributed by atoms with van der Waals surface area (Å²) in [6.45, 7) is 3.74. The molecule has 1 saturated carbocycles. The van der Waals surface area contributed by atoms with Gasteiger partial charge in [-0.15, -0.1) is 0 Å². The number of carbonyl (C=O) groups excluding carboxylic acids is 1. The molecule has 5 aromatic rings. The molecule has 9 heteroatoms. The van der Waals surface area contributed by atoms with Crippen LogP contribution in [-0.4, -0.2) is 38.6 Å². The van der Waals surface area contributed by atoms with Crippen LogP contribution in [0.25, 0.3) is 27.6 Å². The monoisotopic (exact) mass is 546 g/mol. The first kappa shape index (κ1) is 26.2. The van der Waals surface area contributed by atoms with Crippen molar-refractivity contribution in [3.8, 4) is 22.7 Å². The largest absolute Gasteiger partial charge is 0.481 e. The Bertz CT molecular complexity index is 1810. The molecule has 0 spiro atoms. The predicted octanol–water partition coefficient (Wildman–Crippen LogP) is 5.23. The van der Waals surface area contributed by atoms with Gasteiger partial charge in [-0.2, -0.15) is 0 Å². The SMILES string of the molecule is COc1cc(-c2cccc3cc([C@H](C)Nc4nc(C)ncc4C(=O)NC4CC4)n(-c4ccccc4)c(=O)c23)ccn1. The van der Waals surface area contributed by atoms with E-state index in [2.05, 4.69) is 25.6 Å². The van der Waals surface area contributed by atoms with Gasteiger partial charge in [0.1, 0.15) is 17.2 Å². The van der Waals surface area contributed by atoms with Crippen LogP contribution in [0.15, 0.2) is 83.9 Å². The van der Waals surface area contributed by atoms with Gasteiger partial charge in [-0.25, -0.2) is 15.0 Å². The Hall–Kier alpha value is -5.05. The molecule has 1 aliphatic rings. The lowest BCUT2D eigenvalue weighted by molar-refractivity contribution is 0.0951. The summed E-state index contributed by atoms with van der Waals surface area (Å²) in [5.74, 6) is 1.23. The average Bonchev–Trinajstić information content (AvgIpc) is 3.81. The van der Waals surface area contributed by atoms with E-state index in [0.29, 0.717) is 28.5 Å². The van der Waals surface area contributed by atoms with Crippen LogP contribution in [-0.2, 0) is 0 Å². The second-order valence-electron chi connectivity index (χ2n) is 10.2. The fourth-order valence-corrected chi connectivity index (χ4v) is 4.99. The number of para-hydroxylation sites is 1. The van der Waals surface area contributed by atoms with Gasteiger partial charge in [0.2, 0.25) is 5.88 Å². The van der Waals surface area contributed by atoms with Gasteiger partial charge in [0.05, 0.1) is 18.5 Å². The van der Waals surface area contributed by atoms with Crippen molar-refractivity contribution >= 4 is 22.5 Å². The minimum absolute atomic E-state index is 0.158. The van der Waals surface area contributed by atoms with Crippen molar-refractivity contribution in [1.29, 1.82) is 0 Å². The lowest BCUT2D eigenvalue weighted by atomic mass is 9.98. The second-order valence-corrected chi connectivity index (χ2v) is 10.2. The van der Waals surface area contributed by atoms with Crippen LogP contribution in [0.5, 0.6) is 5.88 Å². The van der Waals surface area contributed by atoms with Crippen molar-refractivity contribution in [2.24, 2.45) is 0 Å². The molecule has 2 N–H and O–H groups in total. The Kier molecular flexibility index (Phi) is 6.93. The third-order valence-electron chi connectivity index (χ3n) is 7.21. The first-order valence-electron chi connectivity index (χ1n) is 13.6. The average molecular weight is 547 g/mol. The Morgan fingerprint density at radius 1 is 1.05 bits per heavy atom. The minimum Gasteiger partial charge on any atom is -0.481 e. The molecule has 9 nitrogen and oxygen atoms in total. The van der Waals surface area contributed by atoms with Crippen molar-refractivity contribution in [2.75, 3.05) is 12.4 Å². The van der Waals surface area contributed by atoms with Crippen LogP contribution in [0, 0.1) is 6.92 Å². The molecule has 6 rings (SSSR count). The molecule has 0 aliphatic heterocycles. The summed E-state index contributed by atoms with van der Waals surface area (Å²) in [5, 5.41) is 7.81. The number of amides is 1. The molecule has 1 fully saturated rings. The van der Waals surface area contributed by atoms with E-state index in [9.17, 15) is 9.59 Å². The number of rotatable bonds is 8. The van der Waals surface area contributed by atoms with Crippen molar-refractivity contribution in [3.63, 3.8) is 0 Å². The van der Waals surface area contributed by atoms with E-state index in [4.69, 9.17) is 4.74 Å². The van der Waals surface area contributed by atoms with E-state index in [0.717, 1.165) is 40.7 Å². The van der Waals surface area contributed by atoms with Crippen molar-refractivity contribution < 1.29 is 9.53 Å². The zero-order chi connectivity index (χ0) is 28.5. The van der Waals surface area contributed by atoms with Gasteiger partial charge < -0.3 is 15.4 Å². The van der Waals surface area contributed by atoms with Crippen LogP contribution >= 0.6 is 0 Å². The lowest BCUT2D eigenvalue weighted by Crippen LogP contribution is -2.29. The summed E-state index contributed by atoms with van der Waals surface area (Å²) in [6, 6.07) is 20.9. The quantitative estimate of drug-likeness (QED) is 0.274. The van der Waals surface area contributed by atoms with Crippen LogP contribution in [0.2, 0.25) is 0 Å². The van der Waals surface area contributed by atoms with Gasteiger partial charge in [-0.1, -0.05) is 36.4 Å². The molecule has 3 heterocycles. The van der Waals surface area contributed by atoms with Gasteiger partial charge in [0.25, 0.3) is 11.5 Å². The topological polar surface area (TPSA) is 111 Å². The van der Waals surface area contributed by atoms with E-state index >= 15 is 0 Å². The molecular weight excluding hydrogens is 516 g/mol. The van der Waals surface area contributed by atoms with Crippen LogP contribution in [0.4, 0.5) is 5.82 Å². The maximum Gasteiger partial charge on any atom is 0.263 e. The lowest BCUT2D eigenvalue weighted by Gasteiger charge is -2.23. The Morgan fingerprint density at radius 3 is 2.61 bits per heavy atom.